The Morgan fingerprint density at radius 2 is 2.04 bits per heavy atom. The lowest BCUT2D eigenvalue weighted by molar-refractivity contribution is -0.187. The van der Waals surface area contributed by atoms with Gasteiger partial charge in [0.1, 0.15) is 24.4 Å². The highest BCUT2D eigenvalue weighted by Gasteiger charge is 2.65. The molecular formula is C17H31N2O4P. The van der Waals surface area contributed by atoms with Crippen molar-refractivity contribution in [2.75, 3.05) is 19.8 Å². The van der Waals surface area contributed by atoms with Crippen LogP contribution in [0, 0.1) is 6.57 Å². The zero-order valence-electron chi connectivity index (χ0n) is 16.6. The van der Waals surface area contributed by atoms with Gasteiger partial charge in [0.2, 0.25) is 6.54 Å². The van der Waals surface area contributed by atoms with E-state index in [9.17, 15) is 0 Å². The molecule has 0 spiro atoms. The highest BCUT2D eigenvalue weighted by atomic mass is 31.2. The second kappa shape index (κ2) is 7.53. The molecular weight excluding hydrogens is 327 g/mol. The zero-order valence-corrected chi connectivity index (χ0v) is 16.5. The largest absolute Gasteiger partial charge is 0.367 e. The van der Waals surface area contributed by atoms with Crippen LogP contribution in [0.4, 0.5) is 0 Å². The summed E-state index contributed by atoms with van der Waals surface area (Å²) in [4.78, 5) is 3.37. The second-order valence-electron chi connectivity index (χ2n) is 7.41. The summed E-state index contributed by atoms with van der Waals surface area (Å²) in [6.45, 7) is 20.5. The lowest BCUT2D eigenvalue weighted by Gasteiger charge is -2.41. The molecule has 0 amide bonds. The molecule has 2 saturated heterocycles. The molecule has 2 heterocycles. The van der Waals surface area contributed by atoms with Crippen LogP contribution in [0.3, 0.4) is 0 Å². The van der Waals surface area contributed by atoms with Crippen LogP contribution in [0.2, 0.25) is 0 Å². The van der Waals surface area contributed by atoms with E-state index in [1.165, 1.54) is 0 Å². The van der Waals surface area contributed by atoms with Gasteiger partial charge in [-0.1, -0.05) is 0 Å². The third-order valence-corrected chi connectivity index (χ3v) is 6.73. The van der Waals surface area contributed by atoms with E-state index in [0.717, 1.165) is 0 Å². The fourth-order valence-electron chi connectivity index (χ4n) is 3.33. The van der Waals surface area contributed by atoms with E-state index in [2.05, 4.69) is 37.2 Å². The van der Waals surface area contributed by atoms with Crippen molar-refractivity contribution < 1.29 is 19.9 Å². The molecule has 2 fully saturated rings. The fourth-order valence-corrected chi connectivity index (χ4v) is 5.13. The average Bonchev–Trinajstić information content (AvgIpc) is 2.94. The smallest absolute Gasteiger partial charge is 0.259 e. The first kappa shape index (κ1) is 18.5. The molecule has 138 valence electrons. The highest BCUT2D eigenvalue weighted by Crippen LogP contribution is 2.56. The molecule has 0 aromatic carbocycles. The van der Waals surface area contributed by atoms with Gasteiger partial charge >= 0.3 is 0 Å². The van der Waals surface area contributed by atoms with E-state index in [0.29, 0.717) is 19.8 Å². The third kappa shape index (κ3) is 3.62. The molecule has 4 atom stereocenters. The number of rotatable bonds is 8. The first-order valence-corrected chi connectivity index (χ1v) is 9.65. The van der Waals surface area contributed by atoms with Gasteiger partial charge in [0.25, 0.3) is 8.53 Å². The van der Waals surface area contributed by atoms with Crippen LogP contribution in [-0.4, -0.2) is 59.9 Å². The van der Waals surface area contributed by atoms with Gasteiger partial charge in [-0.25, -0.2) is 11.2 Å². The van der Waals surface area contributed by atoms with Crippen molar-refractivity contribution in [3.63, 3.8) is 0 Å². The molecule has 0 aliphatic carbocycles. The molecule has 0 N–H and O–H groups in total. The van der Waals surface area contributed by atoms with E-state index < -0.39 is 19.7 Å². The van der Waals surface area contributed by atoms with E-state index in [-0.39, 0.29) is 31.2 Å². The Kier molecular flexibility index (Phi) is 5.81. The van der Waals surface area contributed by atoms with Crippen LogP contribution in [0.15, 0.2) is 0 Å². The standard InChI is InChI=1S/C17H31N2O4P/c1-12(2)19(13(3)4)24(21-10-9-18-8)23-15-14-11-20-17(15,7)16(5,6)22-14/h12-15H,9-11H2,1-7H3/t14-,15-,17+,24?/m0/s1/i7D. The second-order valence-corrected chi connectivity index (χ2v) is 8.82. The van der Waals surface area contributed by atoms with E-state index in [4.69, 9.17) is 26.5 Å². The molecule has 0 aromatic rings. The molecule has 24 heavy (non-hydrogen) atoms. The fraction of sp³-hybridized carbons (Fsp3) is 0.941. The predicted octanol–water partition coefficient (Wildman–Crippen LogP) is 3.62. The molecule has 2 rings (SSSR count). The minimum absolute atomic E-state index is 0.0791. The Morgan fingerprint density at radius 3 is 2.54 bits per heavy atom. The molecule has 0 radical (unpaired) electrons. The first-order chi connectivity index (χ1) is 11.7. The Labute approximate surface area is 149 Å². The summed E-state index contributed by atoms with van der Waals surface area (Å²) in [6.07, 6.45) is -0.518. The third-order valence-electron chi connectivity index (χ3n) is 4.62. The van der Waals surface area contributed by atoms with Gasteiger partial charge in [-0.05, 0) is 48.4 Å². The van der Waals surface area contributed by atoms with Crippen molar-refractivity contribution in [2.24, 2.45) is 0 Å². The Balaban J connectivity index is 2.22. The maximum absolute atomic E-state index is 8.08. The summed E-state index contributed by atoms with van der Waals surface area (Å²) in [5.41, 5.74) is -1.35. The summed E-state index contributed by atoms with van der Waals surface area (Å²) in [6, 6.07) is 0.472. The highest BCUT2D eigenvalue weighted by molar-refractivity contribution is 7.44. The van der Waals surface area contributed by atoms with E-state index >= 15 is 0 Å². The Morgan fingerprint density at radius 1 is 1.38 bits per heavy atom. The number of fused-ring (bicyclic) bond motifs is 2. The molecule has 2 aliphatic rings. The van der Waals surface area contributed by atoms with Gasteiger partial charge in [0.05, 0.1) is 12.2 Å². The maximum atomic E-state index is 8.08. The van der Waals surface area contributed by atoms with Crippen molar-refractivity contribution >= 4 is 8.53 Å². The van der Waals surface area contributed by atoms with Crippen LogP contribution in [0.1, 0.15) is 49.8 Å². The van der Waals surface area contributed by atoms with Crippen LogP contribution >= 0.6 is 8.53 Å². The van der Waals surface area contributed by atoms with Crippen molar-refractivity contribution in [1.82, 2.24) is 4.67 Å². The van der Waals surface area contributed by atoms with E-state index in [1.807, 2.05) is 13.8 Å². The lowest BCUT2D eigenvalue weighted by Crippen LogP contribution is -2.51. The van der Waals surface area contributed by atoms with Crippen LogP contribution in [0.5, 0.6) is 0 Å². The Hall–Kier alpha value is -0.280. The molecule has 6 nitrogen and oxygen atoms in total. The van der Waals surface area contributed by atoms with Crippen LogP contribution < -0.4 is 0 Å². The molecule has 2 bridgehead atoms. The monoisotopic (exact) mass is 359 g/mol. The molecule has 7 heteroatoms. The normalized spacial score (nSPS) is 33.2. The number of hydrogen-bond donors (Lipinski definition) is 0. The van der Waals surface area contributed by atoms with Crippen LogP contribution in [0.25, 0.3) is 4.85 Å². The van der Waals surface area contributed by atoms with Crippen molar-refractivity contribution in [3.05, 3.63) is 11.4 Å². The Bertz CT molecular complexity index is 492. The van der Waals surface area contributed by atoms with Gasteiger partial charge in [-0.3, -0.25) is 0 Å². The first-order valence-electron chi connectivity index (χ1n) is 9.23. The predicted molar refractivity (Wildman–Crippen MR) is 94.6 cm³/mol. The van der Waals surface area contributed by atoms with Crippen molar-refractivity contribution in [2.45, 2.75) is 83.9 Å². The summed E-state index contributed by atoms with van der Waals surface area (Å²) >= 11 is 0. The summed E-state index contributed by atoms with van der Waals surface area (Å²) in [5.74, 6) is 0. The van der Waals surface area contributed by atoms with E-state index in [1.54, 1.807) is 0 Å². The molecule has 1 unspecified atom stereocenters. The van der Waals surface area contributed by atoms with Gasteiger partial charge in [-0.2, -0.15) is 0 Å². The quantitative estimate of drug-likeness (QED) is 0.376. The SMILES string of the molecule is [2H]C[C@]12OC[C@H](OC1(C)C)[C@@H]2OP(OCC[N+]#[C-])N(C(C)C)C(C)C. The summed E-state index contributed by atoms with van der Waals surface area (Å²) in [5, 5.41) is 0. The summed E-state index contributed by atoms with van der Waals surface area (Å²) in [7, 11) is -1.37. The van der Waals surface area contributed by atoms with Gasteiger partial charge < -0.3 is 23.4 Å². The van der Waals surface area contributed by atoms with Gasteiger partial charge in [-0.15, -0.1) is 0 Å². The maximum Gasteiger partial charge on any atom is 0.259 e. The molecule has 0 aromatic heterocycles. The van der Waals surface area contributed by atoms with Crippen molar-refractivity contribution in [3.8, 4) is 0 Å². The molecule has 0 saturated carbocycles. The minimum atomic E-state index is -1.37. The van der Waals surface area contributed by atoms with Crippen molar-refractivity contribution in [1.29, 1.82) is 0 Å². The molecule has 2 aliphatic heterocycles. The number of nitrogens with zero attached hydrogens (tertiary/aromatic N) is 2. The zero-order chi connectivity index (χ0) is 18.8. The van der Waals surface area contributed by atoms with Gasteiger partial charge in [0, 0.05) is 13.5 Å². The summed E-state index contributed by atoms with van der Waals surface area (Å²) < 4.78 is 34.8. The topological polar surface area (TPSA) is 44.5 Å². The average molecular weight is 359 g/mol. The minimum Gasteiger partial charge on any atom is -0.367 e. The van der Waals surface area contributed by atoms with Crippen LogP contribution in [-0.2, 0) is 18.5 Å². The number of ether oxygens (including phenoxy) is 2. The number of hydrogen-bond acceptors (Lipinski definition) is 5. The lowest BCUT2D eigenvalue weighted by atomic mass is 9.86. The van der Waals surface area contributed by atoms with Gasteiger partial charge in [0.15, 0.2) is 0 Å².